The molecule has 2 N–H and O–H groups in total. The molecule has 0 spiro atoms. The Kier molecular flexibility index (Phi) is 4.61. The first-order valence-electron chi connectivity index (χ1n) is 6.96. The number of aryl methyl sites for hydroxylation is 1. The van der Waals surface area contributed by atoms with Crippen LogP contribution in [0.15, 0.2) is 18.2 Å². The molecule has 1 aromatic carbocycles. The Morgan fingerprint density at radius 2 is 2.06 bits per heavy atom. The SMILES string of the molecule is CCC[C@@H](c1ccc(C)cc1O)N1CCNCC1. The van der Waals surface area contributed by atoms with Crippen LogP contribution in [0.2, 0.25) is 0 Å². The molecule has 1 heterocycles. The molecule has 0 aliphatic carbocycles. The van der Waals surface area contributed by atoms with Crippen LogP contribution >= 0.6 is 0 Å². The van der Waals surface area contributed by atoms with E-state index in [2.05, 4.69) is 29.3 Å². The van der Waals surface area contributed by atoms with E-state index < -0.39 is 0 Å². The Balaban J connectivity index is 2.22. The molecule has 3 nitrogen and oxygen atoms in total. The minimum absolute atomic E-state index is 0.359. The van der Waals surface area contributed by atoms with Crippen molar-refractivity contribution >= 4 is 0 Å². The first-order valence-corrected chi connectivity index (χ1v) is 6.96. The maximum Gasteiger partial charge on any atom is 0.120 e. The summed E-state index contributed by atoms with van der Waals surface area (Å²) in [6.45, 7) is 8.46. The lowest BCUT2D eigenvalue weighted by atomic mass is 9.98. The average molecular weight is 248 g/mol. The number of hydrogen-bond donors (Lipinski definition) is 2. The van der Waals surface area contributed by atoms with Gasteiger partial charge in [-0.2, -0.15) is 0 Å². The van der Waals surface area contributed by atoms with E-state index in [0.29, 0.717) is 11.8 Å². The summed E-state index contributed by atoms with van der Waals surface area (Å²) in [5, 5.41) is 13.6. The molecule has 2 rings (SSSR count). The smallest absolute Gasteiger partial charge is 0.120 e. The zero-order chi connectivity index (χ0) is 13.0. The van der Waals surface area contributed by atoms with Crippen molar-refractivity contribution in [3.63, 3.8) is 0 Å². The van der Waals surface area contributed by atoms with Crippen LogP contribution < -0.4 is 5.32 Å². The molecular weight excluding hydrogens is 224 g/mol. The van der Waals surface area contributed by atoms with E-state index in [-0.39, 0.29) is 0 Å². The van der Waals surface area contributed by atoms with Gasteiger partial charge in [0.25, 0.3) is 0 Å². The third-order valence-corrected chi connectivity index (χ3v) is 3.70. The summed E-state index contributed by atoms with van der Waals surface area (Å²) >= 11 is 0. The van der Waals surface area contributed by atoms with Gasteiger partial charge in [-0.25, -0.2) is 0 Å². The zero-order valence-electron chi connectivity index (χ0n) is 11.4. The molecule has 0 saturated carbocycles. The number of piperazine rings is 1. The lowest BCUT2D eigenvalue weighted by Gasteiger charge is -2.35. The number of nitrogens with one attached hydrogen (secondary N) is 1. The van der Waals surface area contributed by atoms with Gasteiger partial charge in [0.2, 0.25) is 0 Å². The van der Waals surface area contributed by atoms with Crippen molar-refractivity contribution < 1.29 is 5.11 Å². The van der Waals surface area contributed by atoms with E-state index >= 15 is 0 Å². The van der Waals surface area contributed by atoms with Crippen LogP contribution in [0.4, 0.5) is 0 Å². The first kappa shape index (κ1) is 13.4. The van der Waals surface area contributed by atoms with Crippen LogP contribution in [0.1, 0.15) is 36.9 Å². The van der Waals surface area contributed by atoms with Crippen molar-refractivity contribution in [3.05, 3.63) is 29.3 Å². The summed E-state index contributed by atoms with van der Waals surface area (Å²) in [6.07, 6.45) is 2.25. The van der Waals surface area contributed by atoms with Gasteiger partial charge < -0.3 is 10.4 Å². The molecule has 18 heavy (non-hydrogen) atoms. The second kappa shape index (κ2) is 6.21. The predicted octanol–water partition coefficient (Wildman–Crippen LogP) is 2.45. The summed E-state index contributed by atoms with van der Waals surface area (Å²) in [7, 11) is 0. The molecule has 1 aliphatic heterocycles. The monoisotopic (exact) mass is 248 g/mol. The molecule has 0 bridgehead atoms. The summed E-state index contributed by atoms with van der Waals surface area (Å²) in [6, 6.07) is 6.42. The molecule has 3 heteroatoms. The van der Waals surface area contributed by atoms with E-state index in [1.807, 2.05) is 13.0 Å². The molecule has 0 unspecified atom stereocenters. The Morgan fingerprint density at radius 3 is 2.67 bits per heavy atom. The second-order valence-corrected chi connectivity index (χ2v) is 5.15. The lowest BCUT2D eigenvalue weighted by Crippen LogP contribution is -2.45. The largest absolute Gasteiger partial charge is 0.508 e. The maximum atomic E-state index is 10.2. The normalized spacial score (nSPS) is 18.8. The van der Waals surface area contributed by atoms with Crippen LogP contribution in [0, 0.1) is 6.92 Å². The number of benzene rings is 1. The molecule has 1 fully saturated rings. The highest BCUT2D eigenvalue weighted by atomic mass is 16.3. The fourth-order valence-electron chi connectivity index (χ4n) is 2.74. The maximum absolute atomic E-state index is 10.2. The number of hydrogen-bond acceptors (Lipinski definition) is 3. The van der Waals surface area contributed by atoms with Crippen molar-refractivity contribution in [1.82, 2.24) is 10.2 Å². The standard InChI is InChI=1S/C15H24N2O/c1-3-4-14(17-9-7-16-8-10-17)13-6-5-12(2)11-15(13)18/h5-6,11,14,16,18H,3-4,7-10H2,1-2H3/t14-/m0/s1. The molecule has 1 aliphatic rings. The van der Waals surface area contributed by atoms with Gasteiger partial charge in [0.1, 0.15) is 5.75 Å². The van der Waals surface area contributed by atoms with E-state index in [9.17, 15) is 5.11 Å². The fourth-order valence-corrected chi connectivity index (χ4v) is 2.74. The van der Waals surface area contributed by atoms with Crippen LogP contribution in [0.25, 0.3) is 0 Å². The van der Waals surface area contributed by atoms with Crippen molar-refractivity contribution in [3.8, 4) is 5.75 Å². The van der Waals surface area contributed by atoms with Crippen molar-refractivity contribution in [2.45, 2.75) is 32.7 Å². The third-order valence-electron chi connectivity index (χ3n) is 3.70. The van der Waals surface area contributed by atoms with Crippen LogP contribution in [0.5, 0.6) is 5.75 Å². The minimum atomic E-state index is 0.359. The Hall–Kier alpha value is -1.06. The molecule has 0 radical (unpaired) electrons. The molecule has 0 amide bonds. The summed E-state index contributed by atoms with van der Waals surface area (Å²) < 4.78 is 0. The summed E-state index contributed by atoms with van der Waals surface area (Å²) in [5.41, 5.74) is 2.20. The highest BCUT2D eigenvalue weighted by Gasteiger charge is 2.23. The van der Waals surface area contributed by atoms with E-state index in [1.54, 1.807) is 0 Å². The van der Waals surface area contributed by atoms with Gasteiger partial charge in [-0.15, -0.1) is 0 Å². The van der Waals surface area contributed by atoms with E-state index in [0.717, 1.165) is 50.1 Å². The van der Waals surface area contributed by atoms with E-state index in [1.165, 1.54) is 0 Å². The number of rotatable bonds is 4. The minimum Gasteiger partial charge on any atom is -0.508 e. The van der Waals surface area contributed by atoms with Gasteiger partial charge in [0.05, 0.1) is 0 Å². The van der Waals surface area contributed by atoms with Gasteiger partial charge in [0, 0.05) is 37.8 Å². The van der Waals surface area contributed by atoms with Gasteiger partial charge in [-0.3, -0.25) is 4.90 Å². The van der Waals surface area contributed by atoms with E-state index in [4.69, 9.17) is 0 Å². The van der Waals surface area contributed by atoms with Gasteiger partial charge in [0.15, 0.2) is 0 Å². The molecule has 1 atom stereocenters. The van der Waals surface area contributed by atoms with Gasteiger partial charge in [-0.1, -0.05) is 25.5 Å². The van der Waals surface area contributed by atoms with Crippen LogP contribution in [-0.2, 0) is 0 Å². The molecular formula is C15H24N2O. The van der Waals surface area contributed by atoms with Gasteiger partial charge in [-0.05, 0) is 25.0 Å². The topological polar surface area (TPSA) is 35.5 Å². The first-order chi connectivity index (χ1) is 8.72. The van der Waals surface area contributed by atoms with Crippen LogP contribution in [-0.4, -0.2) is 36.2 Å². The second-order valence-electron chi connectivity index (χ2n) is 5.15. The summed E-state index contributed by atoms with van der Waals surface area (Å²) in [5.74, 6) is 0.451. The number of nitrogens with zero attached hydrogens (tertiary/aromatic N) is 1. The zero-order valence-corrected chi connectivity index (χ0v) is 11.4. The Morgan fingerprint density at radius 1 is 1.33 bits per heavy atom. The fraction of sp³-hybridized carbons (Fsp3) is 0.600. The van der Waals surface area contributed by atoms with Gasteiger partial charge >= 0.3 is 0 Å². The molecule has 0 aromatic heterocycles. The Labute approximate surface area is 110 Å². The number of phenols is 1. The average Bonchev–Trinajstić information content (AvgIpc) is 2.38. The number of aromatic hydroxyl groups is 1. The highest BCUT2D eigenvalue weighted by Crippen LogP contribution is 2.32. The summed E-state index contributed by atoms with van der Waals surface area (Å²) in [4.78, 5) is 2.49. The Bertz CT molecular complexity index is 386. The molecule has 1 aromatic rings. The molecule has 100 valence electrons. The third kappa shape index (κ3) is 3.03. The highest BCUT2D eigenvalue weighted by molar-refractivity contribution is 5.38. The van der Waals surface area contributed by atoms with Crippen molar-refractivity contribution in [1.29, 1.82) is 0 Å². The predicted molar refractivity (Wildman–Crippen MR) is 74.9 cm³/mol. The van der Waals surface area contributed by atoms with Crippen molar-refractivity contribution in [2.24, 2.45) is 0 Å². The quantitative estimate of drug-likeness (QED) is 0.859. The van der Waals surface area contributed by atoms with Crippen LogP contribution in [0.3, 0.4) is 0 Å². The van der Waals surface area contributed by atoms with Crippen molar-refractivity contribution in [2.75, 3.05) is 26.2 Å². The molecule has 1 saturated heterocycles. The number of phenolic OH excluding ortho intramolecular Hbond substituents is 1. The lowest BCUT2D eigenvalue weighted by molar-refractivity contribution is 0.162.